The first-order valence-electron chi connectivity index (χ1n) is 5.64. The maximum absolute atomic E-state index is 5.65. The van der Waals surface area contributed by atoms with Crippen molar-refractivity contribution in [2.45, 2.75) is 32.2 Å². The van der Waals surface area contributed by atoms with Gasteiger partial charge in [-0.2, -0.15) is 0 Å². The van der Waals surface area contributed by atoms with Crippen molar-refractivity contribution in [3.63, 3.8) is 0 Å². The number of anilines is 1. The number of hydrogen-bond donors (Lipinski definition) is 1. The van der Waals surface area contributed by atoms with Gasteiger partial charge in [0.25, 0.3) is 0 Å². The largest absolute Gasteiger partial charge is 0.356 e. The molecule has 0 fully saturated rings. The lowest BCUT2D eigenvalue weighted by molar-refractivity contribution is 0.686. The van der Waals surface area contributed by atoms with Crippen molar-refractivity contribution >= 4 is 5.82 Å². The van der Waals surface area contributed by atoms with E-state index < -0.39 is 0 Å². The highest BCUT2D eigenvalue weighted by Crippen LogP contribution is 2.23. The number of aryl methyl sites for hydroxylation is 2. The maximum Gasteiger partial charge on any atom is 0.128 e. The Bertz CT molecular complexity index is 349. The third-order valence-corrected chi connectivity index (χ3v) is 3.28. The zero-order valence-electron chi connectivity index (χ0n) is 9.53. The molecule has 0 saturated heterocycles. The maximum atomic E-state index is 5.65. The van der Waals surface area contributed by atoms with Crippen molar-refractivity contribution in [1.82, 2.24) is 4.98 Å². The quantitative estimate of drug-likeness (QED) is 0.810. The Morgan fingerprint density at radius 1 is 1.47 bits per heavy atom. The predicted octanol–water partition coefficient (Wildman–Crippen LogP) is 1.35. The molecule has 82 valence electrons. The second kappa shape index (κ2) is 4.19. The third-order valence-electron chi connectivity index (χ3n) is 3.28. The van der Waals surface area contributed by atoms with Gasteiger partial charge in [0.2, 0.25) is 0 Å². The topological polar surface area (TPSA) is 42.1 Å². The minimum atomic E-state index is 0.344. The molecule has 1 aromatic heterocycles. The zero-order valence-corrected chi connectivity index (χ0v) is 9.53. The van der Waals surface area contributed by atoms with E-state index in [9.17, 15) is 0 Å². The van der Waals surface area contributed by atoms with E-state index >= 15 is 0 Å². The molecule has 1 aliphatic carbocycles. The standard InChI is InChI=1S/C12H19N3/c1-9(8-13)15(2)12-7-6-10-4-3-5-11(10)14-12/h6-7,9H,3-5,8,13H2,1-2H3. The summed E-state index contributed by atoms with van der Waals surface area (Å²) in [5, 5.41) is 0. The predicted molar refractivity (Wildman–Crippen MR) is 63.2 cm³/mol. The molecule has 1 aromatic rings. The van der Waals surface area contributed by atoms with Gasteiger partial charge in [0, 0.05) is 25.3 Å². The number of fused-ring (bicyclic) bond motifs is 1. The molecule has 3 nitrogen and oxygen atoms in total. The highest BCUT2D eigenvalue weighted by Gasteiger charge is 2.15. The van der Waals surface area contributed by atoms with Crippen LogP contribution in [0.25, 0.3) is 0 Å². The molecule has 0 bridgehead atoms. The zero-order chi connectivity index (χ0) is 10.8. The number of hydrogen-bond acceptors (Lipinski definition) is 3. The van der Waals surface area contributed by atoms with Crippen molar-refractivity contribution in [1.29, 1.82) is 0 Å². The molecule has 3 heteroatoms. The number of aromatic nitrogens is 1. The lowest BCUT2D eigenvalue weighted by Crippen LogP contribution is -2.35. The number of nitrogens with zero attached hydrogens (tertiary/aromatic N) is 2. The summed E-state index contributed by atoms with van der Waals surface area (Å²) < 4.78 is 0. The molecule has 1 heterocycles. The molecule has 1 unspecified atom stereocenters. The van der Waals surface area contributed by atoms with Gasteiger partial charge < -0.3 is 10.6 Å². The van der Waals surface area contributed by atoms with E-state index in [1.54, 1.807) is 0 Å². The smallest absolute Gasteiger partial charge is 0.128 e. The molecule has 1 aliphatic rings. The summed E-state index contributed by atoms with van der Waals surface area (Å²) in [4.78, 5) is 6.84. The van der Waals surface area contributed by atoms with Gasteiger partial charge in [-0.25, -0.2) is 4.98 Å². The monoisotopic (exact) mass is 205 g/mol. The highest BCUT2D eigenvalue weighted by molar-refractivity contribution is 5.43. The van der Waals surface area contributed by atoms with E-state index in [4.69, 9.17) is 10.7 Å². The van der Waals surface area contributed by atoms with E-state index in [2.05, 4.69) is 31.0 Å². The molecule has 0 aromatic carbocycles. The van der Waals surface area contributed by atoms with Gasteiger partial charge in [0.05, 0.1) is 0 Å². The minimum absolute atomic E-state index is 0.344. The van der Waals surface area contributed by atoms with Crippen LogP contribution in [0.1, 0.15) is 24.6 Å². The summed E-state index contributed by atoms with van der Waals surface area (Å²) in [6, 6.07) is 4.66. The van der Waals surface area contributed by atoms with Crippen molar-refractivity contribution in [2.24, 2.45) is 5.73 Å². The average Bonchev–Trinajstić information content (AvgIpc) is 2.73. The fourth-order valence-electron chi connectivity index (χ4n) is 1.99. The summed E-state index contributed by atoms with van der Waals surface area (Å²) in [7, 11) is 2.06. The van der Waals surface area contributed by atoms with Crippen LogP contribution in [0.2, 0.25) is 0 Å². The van der Waals surface area contributed by atoms with Crippen LogP contribution in [-0.4, -0.2) is 24.6 Å². The Hall–Kier alpha value is -1.09. The van der Waals surface area contributed by atoms with Crippen LogP contribution >= 0.6 is 0 Å². The molecule has 0 spiro atoms. The van der Waals surface area contributed by atoms with Crippen LogP contribution in [0, 0.1) is 0 Å². The molecular weight excluding hydrogens is 186 g/mol. The highest BCUT2D eigenvalue weighted by atomic mass is 15.2. The first-order chi connectivity index (χ1) is 7.22. The number of nitrogens with two attached hydrogens (primary N) is 1. The summed E-state index contributed by atoms with van der Waals surface area (Å²) in [6.45, 7) is 2.78. The first kappa shape index (κ1) is 10.4. The Kier molecular flexibility index (Phi) is 2.91. The molecule has 2 N–H and O–H groups in total. The van der Waals surface area contributed by atoms with Crippen molar-refractivity contribution in [3.05, 3.63) is 23.4 Å². The molecule has 2 rings (SSSR count). The Labute approximate surface area is 91.3 Å². The van der Waals surface area contributed by atoms with Gasteiger partial charge in [-0.3, -0.25) is 0 Å². The van der Waals surface area contributed by atoms with Gasteiger partial charge >= 0.3 is 0 Å². The molecule has 0 aliphatic heterocycles. The number of pyridine rings is 1. The molecule has 15 heavy (non-hydrogen) atoms. The normalized spacial score (nSPS) is 16.2. The fraction of sp³-hybridized carbons (Fsp3) is 0.583. The van der Waals surface area contributed by atoms with Crippen LogP contribution in [0.15, 0.2) is 12.1 Å². The molecule has 0 radical (unpaired) electrons. The summed E-state index contributed by atoms with van der Waals surface area (Å²) in [5.41, 5.74) is 8.36. The van der Waals surface area contributed by atoms with Crippen LogP contribution in [0.4, 0.5) is 5.82 Å². The van der Waals surface area contributed by atoms with Gasteiger partial charge in [0.1, 0.15) is 5.82 Å². The van der Waals surface area contributed by atoms with Crippen LogP contribution < -0.4 is 10.6 Å². The van der Waals surface area contributed by atoms with Gasteiger partial charge in [-0.15, -0.1) is 0 Å². The van der Waals surface area contributed by atoms with Gasteiger partial charge in [-0.05, 0) is 37.8 Å². The van der Waals surface area contributed by atoms with E-state index in [0.29, 0.717) is 12.6 Å². The van der Waals surface area contributed by atoms with Crippen LogP contribution in [0.5, 0.6) is 0 Å². The lowest BCUT2D eigenvalue weighted by Gasteiger charge is -2.25. The second-order valence-corrected chi connectivity index (χ2v) is 4.32. The third kappa shape index (κ3) is 1.97. The summed E-state index contributed by atoms with van der Waals surface area (Å²) in [5.74, 6) is 1.05. The Morgan fingerprint density at radius 3 is 3.00 bits per heavy atom. The molecule has 0 saturated carbocycles. The van der Waals surface area contributed by atoms with Gasteiger partial charge in [-0.1, -0.05) is 6.07 Å². The van der Waals surface area contributed by atoms with Gasteiger partial charge in [0.15, 0.2) is 0 Å². The second-order valence-electron chi connectivity index (χ2n) is 4.32. The van der Waals surface area contributed by atoms with Crippen molar-refractivity contribution < 1.29 is 0 Å². The van der Waals surface area contributed by atoms with E-state index in [-0.39, 0.29) is 0 Å². The average molecular weight is 205 g/mol. The molecule has 1 atom stereocenters. The van der Waals surface area contributed by atoms with Crippen molar-refractivity contribution in [3.8, 4) is 0 Å². The van der Waals surface area contributed by atoms with Crippen molar-refractivity contribution in [2.75, 3.05) is 18.5 Å². The summed E-state index contributed by atoms with van der Waals surface area (Å²) >= 11 is 0. The van der Waals surface area contributed by atoms with E-state index in [1.165, 1.54) is 24.1 Å². The summed E-state index contributed by atoms with van der Waals surface area (Å²) in [6.07, 6.45) is 3.58. The number of likely N-dealkylation sites (N-methyl/N-ethyl adjacent to an activating group) is 1. The molecular formula is C12H19N3. The Balaban J connectivity index is 2.22. The lowest BCUT2D eigenvalue weighted by atomic mass is 10.2. The minimum Gasteiger partial charge on any atom is -0.356 e. The fourth-order valence-corrected chi connectivity index (χ4v) is 1.99. The van der Waals surface area contributed by atoms with E-state index in [0.717, 1.165) is 12.2 Å². The number of rotatable bonds is 3. The SMILES string of the molecule is CC(CN)N(C)c1ccc2c(n1)CCC2. The van der Waals surface area contributed by atoms with Crippen LogP contribution in [0.3, 0.4) is 0 Å². The van der Waals surface area contributed by atoms with Crippen LogP contribution in [-0.2, 0) is 12.8 Å². The Morgan fingerprint density at radius 2 is 2.27 bits per heavy atom. The van der Waals surface area contributed by atoms with E-state index in [1.807, 2.05) is 0 Å². The molecule has 0 amide bonds. The first-order valence-corrected chi connectivity index (χ1v) is 5.64.